The van der Waals surface area contributed by atoms with E-state index in [4.69, 9.17) is 5.10 Å². The number of pyridine rings is 1. The van der Waals surface area contributed by atoms with Crippen LogP contribution in [0, 0.1) is 5.95 Å². The molecule has 0 saturated heterocycles. The van der Waals surface area contributed by atoms with E-state index in [0.717, 1.165) is 44.2 Å². The van der Waals surface area contributed by atoms with Crippen LogP contribution in [-0.2, 0) is 0 Å². The first-order chi connectivity index (χ1) is 16.4. The lowest BCUT2D eigenvalue weighted by Gasteiger charge is -2.31. The normalized spacial score (nSPS) is 20.5. The van der Waals surface area contributed by atoms with E-state index in [1.165, 1.54) is 24.5 Å². The zero-order valence-electron chi connectivity index (χ0n) is 19.5. The first kappa shape index (κ1) is 22.5. The molecule has 3 aromatic heterocycles. The number of hydrogen-bond acceptors (Lipinski definition) is 7. The predicted octanol–water partition coefficient (Wildman–Crippen LogP) is 3.81. The van der Waals surface area contributed by atoms with Gasteiger partial charge in [0.05, 0.1) is 11.9 Å². The lowest BCUT2D eigenvalue weighted by Crippen LogP contribution is -2.40. The largest absolute Gasteiger partial charge is 0.379 e. The van der Waals surface area contributed by atoms with Gasteiger partial charge in [-0.25, -0.2) is 14.5 Å². The number of hydrogen-bond donors (Lipinski definition) is 4. The van der Waals surface area contributed by atoms with Crippen molar-refractivity contribution >= 4 is 28.7 Å². The van der Waals surface area contributed by atoms with E-state index in [2.05, 4.69) is 45.1 Å². The minimum absolute atomic E-state index is 0.277. The molecule has 0 bridgehead atoms. The molecule has 4 N–H and O–H groups in total. The Labute approximate surface area is 197 Å². The average Bonchev–Trinajstić information content (AvgIpc) is 3.50. The van der Waals surface area contributed by atoms with Crippen molar-refractivity contribution in [3.05, 3.63) is 42.2 Å². The number of amides is 1. The van der Waals surface area contributed by atoms with Crippen molar-refractivity contribution in [3.8, 4) is 0 Å². The lowest BCUT2D eigenvalue weighted by molar-refractivity contribution is 0.102. The Bertz CT molecular complexity index is 1170. The van der Waals surface area contributed by atoms with Crippen LogP contribution in [0.15, 0.2) is 30.6 Å². The highest BCUT2D eigenvalue weighted by Gasteiger charge is 2.26. The van der Waals surface area contributed by atoms with Crippen molar-refractivity contribution in [2.75, 3.05) is 16.0 Å². The maximum absolute atomic E-state index is 13.4. The summed E-state index contributed by atoms with van der Waals surface area (Å²) in [6, 6.07) is 6.49. The van der Waals surface area contributed by atoms with Gasteiger partial charge in [0, 0.05) is 48.2 Å². The number of fused-ring (bicyclic) bond motifs is 1. The Hall–Kier alpha value is -3.27. The summed E-state index contributed by atoms with van der Waals surface area (Å²) < 4.78 is 15.0. The van der Waals surface area contributed by atoms with Crippen molar-refractivity contribution in [1.29, 1.82) is 0 Å². The molecule has 3 heterocycles. The summed E-state index contributed by atoms with van der Waals surface area (Å²) in [6.07, 6.45) is 9.39. The van der Waals surface area contributed by atoms with Gasteiger partial charge in [-0.05, 0) is 44.6 Å². The van der Waals surface area contributed by atoms with Crippen LogP contribution >= 0.6 is 0 Å². The first-order valence-electron chi connectivity index (χ1n) is 12.1. The molecule has 10 heteroatoms. The second-order valence-electron chi connectivity index (χ2n) is 9.58. The highest BCUT2D eigenvalue weighted by atomic mass is 19.1. The molecule has 2 aliphatic carbocycles. The molecule has 5 rings (SSSR count). The molecule has 0 atom stereocenters. The van der Waals surface area contributed by atoms with E-state index >= 15 is 0 Å². The Kier molecular flexibility index (Phi) is 6.32. The molecule has 1 amide bonds. The number of carbonyl (C=O) groups is 1. The van der Waals surface area contributed by atoms with Crippen molar-refractivity contribution < 1.29 is 9.18 Å². The van der Waals surface area contributed by atoms with Crippen LogP contribution in [-0.4, -0.2) is 49.7 Å². The minimum atomic E-state index is -0.658. The summed E-state index contributed by atoms with van der Waals surface area (Å²) in [5, 5.41) is 18.1. The summed E-state index contributed by atoms with van der Waals surface area (Å²) in [5.41, 5.74) is 2.04. The molecule has 0 aromatic carbocycles. The molecule has 2 saturated carbocycles. The Balaban J connectivity index is 1.37. The van der Waals surface area contributed by atoms with E-state index in [9.17, 15) is 9.18 Å². The highest BCUT2D eigenvalue weighted by Crippen LogP contribution is 2.30. The van der Waals surface area contributed by atoms with Gasteiger partial charge in [0.2, 0.25) is 5.95 Å². The smallest absolute Gasteiger partial charge is 0.276 e. The van der Waals surface area contributed by atoms with Crippen molar-refractivity contribution in [2.45, 2.75) is 76.5 Å². The van der Waals surface area contributed by atoms with E-state index in [-0.39, 0.29) is 5.69 Å². The van der Waals surface area contributed by atoms with Gasteiger partial charge in [0.15, 0.2) is 11.3 Å². The Morgan fingerprint density at radius 1 is 1.03 bits per heavy atom. The third kappa shape index (κ3) is 5.27. The zero-order chi connectivity index (χ0) is 23.7. The Morgan fingerprint density at radius 2 is 1.74 bits per heavy atom. The topological polar surface area (TPSA) is 108 Å². The van der Waals surface area contributed by atoms with Crippen LogP contribution in [0.25, 0.3) is 5.65 Å². The third-order valence-corrected chi connectivity index (χ3v) is 6.27. The van der Waals surface area contributed by atoms with Gasteiger partial charge >= 0.3 is 0 Å². The summed E-state index contributed by atoms with van der Waals surface area (Å²) in [6.45, 7) is 4.36. The fourth-order valence-corrected chi connectivity index (χ4v) is 4.51. The number of imidazole rings is 1. The quantitative estimate of drug-likeness (QED) is 0.374. The molecule has 0 aliphatic heterocycles. The molecular formula is C24H31FN8O. The summed E-state index contributed by atoms with van der Waals surface area (Å²) in [7, 11) is 0. The molecule has 9 nitrogen and oxygen atoms in total. The Morgan fingerprint density at radius 3 is 2.44 bits per heavy atom. The number of nitrogens with one attached hydrogen (secondary N) is 4. The molecule has 0 unspecified atom stereocenters. The van der Waals surface area contributed by atoms with Crippen LogP contribution in [0.4, 0.5) is 21.6 Å². The number of rotatable bonds is 8. The first-order valence-corrected chi connectivity index (χ1v) is 12.1. The molecule has 0 spiro atoms. The van der Waals surface area contributed by atoms with Gasteiger partial charge in [-0.1, -0.05) is 13.8 Å². The van der Waals surface area contributed by atoms with Crippen LogP contribution < -0.4 is 21.3 Å². The number of halogens is 1. The number of nitrogens with zero attached hydrogens (tertiary/aromatic N) is 4. The summed E-state index contributed by atoms with van der Waals surface area (Å²) in [5.74, 6) is -0.367. The third-order valence-electron chi connectivity index (χ3n) is 6.27. The SMILES string of the molecule is CC(C)NC1CCC(Nc2cc(NC3CC3)c3ncc(C(=O)Nc4ccnc(F)c4)n3n2)CC1. The molecule has 3 aromatic rings. The molecule has 34 heavy (non-hydrogen) atoms. The molecule has 2 aliphatic rings. The monoisotopic (exact) mass is 466 g/mol. The standard InChI is InChI=1S/C24H31FN8O/c1-14(2)28-15-3-7-17(8-4-15)30-22-12-19(29-16-5-6-16)23-27-13-20(33(23)32-22)24(34)31-18-9-10-26-21(25)11-18/h9-17,28-29H,3-8H2,1-2H3,(H,30,32)(H,26,31,34). The number of carbonyl (C=O) groups excluding carboxylic acids is 1. The van der Waals surface area contributed by atoms with E-state index in [1.807, 2.05) is 6.07 Å². The van der Waals surface area contributed by atoms with Crippen molar-refractivity contribution in [2.24, 2.45) is 0 Å². The van der Waals surface area contributed by atoms with Crippen LogP contribution in [0.2, 0.25) is 0 Å². The lowest BCUT2D eigenvalue weighted by atomic mass is 9.91. The molecule has 2 fully saturated rings. The summed E-state index contributed by atoms with van der Waals surface area (Å²) in [4.78, 5) is 21.0. The summed E-state index contributed by atoms with van der Waals surface area (Å²) >= 11 is 0. The zero-order valence-corrected chi connectivity index (χ0v) is 19.5. The second-order valence-corrected chi connectivity index (χ2v) is 9.58. The molecular weight excluding hydrogens is 435 g/mol. The van der Waals surface area contributed by atoms with Gasteiger partial charge in [-0.15, -0.1) is 5.10 Å². The fraction of sp³-hybridized carbons (Fsp3) is 0.500. The van der Waals surface area contributed by atoms with Gasteiger partial charge < -0.3 is 21.3 Å². The minimum Gasteiger partial charge on any atom is -0.379 e. The van der Waals surface area contributed by atoms with Gasteiger partial charge in [0.25, 0.3) is 5.91 Å². The molecule has 180 valence electrons. The van der Waals surface area contributed by atoms with Gasteiger partial charge in [-0.3, -0.25) is 4.79 Å². The van der Waals surface area contributed by atoms with E-state index in [0.29, 0.717) is 41.3 Å². The fourth-order valence-electron chi connectivity index (χ4n) is 4.51. The second kappa shape index (κ2) is 9.54. The highest BCUT2D eigenvalue weighted by molar-refractivity contribution is 6.03. The number of aromatic nitrogens is 4. The molecule has 0 radical (unpaired) electrons. The maximum Gasteiger partial charge on any atom is 0.276 e. The van der Waals surface area contributed by atoms with Crippen LogP contribution in [0.1, 0.15) is 62.9 Å². The van der Waals surface area contributed by atoms with Gasteiger partial charge in [0.1, 0.15) is 5.82 Å². The van der Waals surface area contributed by atoms with E-state index in [1.54, 1.807) is 4.52 Å². The average molecular weight is 467 g/mol. The van der Waals surface area contributed by atoms with Crippen LogP contribution in [0.5, 0.6) is 0 Å². The predicted molar refractivity (Wildman–Crippen MR) is 130 cm³/mol. The maximum atomic E-state index is 13.4. The number of anilines is 3. The van der Waals surface area contributed by atoms with E-state index < -0.39 is 11.9 Å². The van der Waals surface area contributed by atoms with Crippen molar-refractivity contribution in [1.82, 2.24) is 24.9 Å². The van der Waals surface area contributed by atoms with Crippen molar-refractivity contribution in [3.63, 3.8) is 0 Å². The van der Waals surface area contributed by atoms with Gasteiger partial charge in [-0.2, -0.15) is 4.39 Å². The van der Waals surface area contributed by atoms with Crippen LogP contribution in [0.3, 0.4) is 0 Å².